The molecule has 3 heterocycles. The van der Waals surface area contributed by atoms with Crippen LogP contribution >= 0.6 is 0 Å². The van der Waals surface area contributed by atoms with Gasteiger partial charge in [0, 0.05) is 23.6 Å². The fourth-order valence-electron chi connectivity index (χ4n) is 2.67. The summed E-state index contributed by atoms with van der Waals surface area (Å²) in [5.74, 6) is 0.0403. The van der Waals surface area contributed by atoms with Crippen LogP contribution in [0.2, 0.25) is 0 Å². The minimum Gasteiger partial charge on any atom is -0.295 e. The molecule has 106 valence electrons. The van der Waals surface area contributed by atoms with Crippen molar-refractivity contribution in [2.24, 2.45) is 5.92 Å². The lowest BCUT2D eigenvalue weighted by molar-refractivity contribution is -0.141. The molecule has 7 heteroatoms. The molecule has 0 radical (unpaired) electrons. The minimum atomic E-state index is -0.424. The Morgan fingerprint density at radius 1 is 1.30 bits per heavy atom. The van der Waals surface area contributed by atoms with Gasteiger partial charge in [-0.1, -0.05) is 6.92 Å². The van der Waals surface area contributed by atoms with E-state index in [0.717, 1.165) is 16.9 Å². The van der Waals surface area contributed by atoms with Crippen molar-refractivity contribution in [2.45, 2.75) is 40.2 Å². The van der Waals surface area contributed by atoms with E-state index < -0.39 is 6.04 Å². The summed E-state index contributed by atoms with van der Waals surface area (Å²) in [7, 11) is 0. The van der Waals surface area contributed by atoms with Crippen LogP contribution in [0.1, 0.15) is 43.4 Å². The highest BCUT2D eigenvalue weighted by Crippen LogP contribution is 2.29. The first-order chi connectivity index (χ1) is 9.41. The zero-order chi connectivity index (χ0) is 14.6. The summed E-state index contributed by atoms with van der Waals surface area (Å²) in [5.41, 5.74) is 2.75. The molecular weight excluding hydrogens is 258 g/mol. The van der Waals surface area contributed by atoms with Crippen LogP contribution in [0.25, 0.3) is 5.65 Å². The summed E-state index contributed by atoms with van der Waals surface area (Å²) >= 11 is 0. The number of rotatable bonds is 2. The van der Waals surface area contributed by atoms with Gasteiger partial charge in [-0.15, -0.1) is 10.2 Å². The van der Waals surface area contributed by atoms with Crippen molar-refractivity contribution < 1.29 is 9.59 Å². The summed E-state index contributed by atoms with van der Waals surface area (Å²) in [4.78, 5) is 25.4. The number of nitrogens with zero attached hydrogens (tertiary/aromatic N) is 4. The van der Waals surface area contributed by atoms with Crippen LogP contribution in [0.3, 0.4) is 0 Å². The molecule has 2 aromatic rings. The van der Waals surface area contributed by atoms with Crippen LogP contribution in [0.4, 0.5) is 0 Å². The Labute approximate surface area is 115 Å². The Morgan fingerprint density at radius 3 is 2.60 bits per heavy atom. The van der Waals surface area contributed by atoms with Gasteiger partial charge in [-0.2, -0.15) is 0 Å². The number of carbonyl (C=O) groups is 2. The van der Waals surface area contributed by atoms with Crippen LogP contribution in [0, 0.1) is 19.8 Å². The Morgan fingerprint density at radius 2 is 2.00 bits per heavy atom. The van der Waals surface area contributed by atoms with E-state index in [0.29, 0.717) is 5.82 Å². The first-order valence-electron chi connectivity index (χ1n) is 6.68. The lowest BCUT2D eigenvalue weighted by Crippen LogP contribution is -2.34. The third kappa shape index (κ3) is 1.59. The highest BCUT2D eigenvalue weighted by molar-refractivity contribution is 6.03. The van der Waals surface area contributed by atoms with Crippen LogP contribution < -0.4 is 0 Å². The number of hydrogen-bond acceptors (Lipinski definition) is 4. The molecule has 2 aromatic heterocycles. The average molecular weight is 275 g/mol. The van der Waals surface area contributed by atoms with Crippen molar-refractivity contribution in [3.63, 3.8) is 0 Å². The molecule has 2 unspecified atom stereocenters. The molecule has 0 aliphatic carbocycles. The van der Waals surface area contributed by atoms with Crippen molar-refractivity contribution in [1.29, 1.82) is 0 Å². The number of imide groups is 1. The molecule has 1 saturated heterocycles. The molecular formula is C13H17N5O2. The van der Waals surface area contributed by atoms with Gasteiger partial charge in [0.1, 0.15) is 0 Å². The molecule has 0 bridgehead atoms. The van der Waals surface area contributed by atoms with E-state index in [-0.39, 0.29) is 24.2 Å². The lowest BCUT2D eigenvalue weighted by atomic mass is 10.1. The largest absolute Gasteiger partial charge is 0.295 e. The predicted octanol–water partition coefficient (Wildman–Crippen LogP) is 1.13. The van der Waals surface area contributed by atoms with Crippen molar-refractivity contribution in [1.82, 2.24) is 24.7 Å². The number of amides is 2. The third-order valence-corrected chi connectivity index (χ3v) is 4.03. The fourth-order valence-corrected chi connectivity index (χ4v) is 2.67. The van der Waals surface area contributed by atoms with E-state index in [4.69, 9.17) is 0 Å². The fraction of sp³-hybridized carbons (Fsp3) is 0.538. The topological polar surface area (TPSA) is 83.4 Å². The Hall–Kier alpha value is -2.18. The van der Waals surface area contributed by atoms with Gasteiger partial charge in [0.05, 0.1) is 6.04 Å². The normalized spacial score (nSPS) is 21.2. The number of aryl methyl sites for hydroxylation is 2. The second-order valence-corrected chi connectivity index (χ2v) is 5.46. The molecule has 2 atom stereocenters. The number of H-pyrrole nitrogens is 1. The highest BCUT2D eigenvalue weighted by atomic mass is 16.2. The van der Waals surface area contributed by atoms with Crippen molar-refractivity contribution in [2.75, 3.05) is 0 Å². The molecule has 2 amide bonds. The van der Waals surface area contributed by atoms with Crippen molar-refractivity contribution in [3.8, 4) is 0 Å². The smallest absolute Gasteiger partial charge is 0.233 e. The van der Waals surface area contributed by atoms with Crippen molar-refractivity contribution in [3.05, 3.63) is 17.1 Å². The SMILES string of the molecule is Cc1[nH]n2c(C(C)N3C(=O)CC(C)C3=O)nnc2c1C. The summed E-state index contributed by atoms with van der Waals surface area (Å²) in [6, 6.07) is -0.424. The number of nitrogens with one attached hydrogen (secondary N) is 1. The Balaban J connectivity index is 2.05. The predicted molar refractivity (Wildman–Crippen MR) is 70.9 cm³/mol. The van der Waals surface area contributed by atoms with Crippen LogP contribution in [0.15, 0.2) is 0 Å². The molecule has 3 rings (SSSR count). The monoisotopic (exact) mass is 275 g/mol. The van der Waals surface area contributed by atoms with Gasteiger partial charge in [0.25, 0.3) is 0 Å². The molecule has 0 spiro atoms. The number of hydrogen-bond donors (Lipinski definition) is 1. The van der Waals surface area contributed by atoms with E-state index in [1.54, 1.807) is 18.4 Å². The minimum absolute atomic E-state index is 0.140. The Kier molecular flexibility index (Phi) is 2.67. The van der Waals surface area contributed by atoms with Gasteiger partial charge in [-0.05, 0) is 20.8 Å². The van der Waals surface area contributed by atoms with Gasteiger partial charge in [0.2, 0.25) is 11.8 Å². The lowest BCUT2D eigenvalue weighted by Gasteiger charge is -2.20. The highest BCUT2D eigenvalue weighted by Gasteiger charge is 2.40. The third-order valence-electron chi connectivity index (χ3n) is 4.03. The second kappa shape index (κ2) is 4.16. The maximum Gasteiger partial charge on any atom is 0.233 e. The van der Waals surface area contributed by atoms with E-state index in [1.165, 1.54) is 4.90 Å². The summed E-state index contributed by atoms with van der Waals surface area (Å²) < 4.78 is 1.75. The molecule has 1 aliphatic heterocycles. The first-order valence-corrected chi connectivity index (χ1v) is 6.68. The molecule has 7 nitrogen and oxygen atoms in total. The summed E-state index contributed by atoms with van der Waals surface area (Å²) in [6.45, 7) is 7.48. The zero-order valence-corrected chi connectivity index (χ0v) is 12.0. The van der Waals surface area contributed by atoms with Gasteiger partial charge in [-0.3, -0.25) is 19.6 Å². The molecule has 0 saturated carbocycles. The zero-order valence-electron chi connectivity index (χ0n) is 12.0. The van der Waals surface area contributed by atoms with Crippen LogP contribution in [-0.4, -0.2) is 36.5 Å². The van der Waals surface area contributed by atoms with Crippen LogP contribution in [-0.2, 0) is 9.59 Å². The summed E-state index contributed by atoms with van der Waals surface area (Å²) in [6.07, 6.45) is 0.272. The molecule has 1 aliphatic rings. The van der Waals surface area contributed by atoms with Gasteiger partial charge in [-0.25, -0.2) is 4.52 Å². The number of likely N-dealkylation sites (tertiary alicyclic amines) is 1. The number of fused-ring (bicyclic) bond motifs is 1. The van der Waals surface area contributed by atoms with E-state index in [9.17, 15) is 9.59 Å². The Bertz CT molecular complexity index is 714. The van der Waals surface area contributed by atoms with Gasteiger partial charge >= 0.3 is 0 Å². The quantitative estimate of drug-likeness (QED) is 0.833. The molecule has 0 aromatic carbocycles. The molecule has 1 fully saturated rings. The number of aromatic amines is 1. The van der Waals surface area contributed by atoms with E-state index in [2.05, 4.69) is 15.3 Å². The van der Waals surface area contributed by atoms with Crippen LogP contribution in [0.5, 0.6) is 0 Å². The summed E-state index contributed by atoms with van der Waals surface area (Å²) in [5, 5.41) is 11.4. The van der Waals surface area contributed by atoms with E-state index in [1.807, 2.05) is 13.8 Å². The first kappa shape index (κ1) is 12.8. The van der Waals surface area contributed by atoms with Crippen molar-refractivity contribution >= 4 is 17.5 Å². The molecule has 1 N–H and O–H groups in total. The maximum atomic E-state index is 12.1. The average Bonchev–Trinajstić information content (AvgIpc) is 2.98. The standard InChI is InChI=1S/C13H17N5O2/c1-6-5-10(19)17(13(6)20)9(4)12-15-14-11-7(2)8(3)16-18(11)12/h6,9,16H,5H2,1-4H3. The number of aromatic nitrogens is 4. The molecule has 20 heavy (non-hydrogen) atoms. The number of carbonyl (C=O) groups excluding carboxylic acids is 2. The van der Waals surface area contributed by atoms with Gasteiger partial charge in [0.15, 0.2) is 11.5 Å². The van der Waals surface area contributed by atoms with Gasteiger partial charge < -0.3 is 0 Å². The maximum absolute atomic E-state index is 12.1. The second-order valence-electron chi connectivity index (χ2n) is 5.46. The van der Waals surface area contributed by atoms with E-state index >= 15 is 0 Å².